The van der Waals surface area contributed by atoms with Gasteiger partial charge < -0.3 is 15.2 Å². The molecule has 0 radical (unpaired) electrons. The SMILES string of the molecule is CC(C)(C)OC(=O)CCCN=C([O-])Nc1c[n+](-c2ccc(I)cc2)no1. The zero-order valence-corrected chi connectivity index (χ0v) is 17.0. The largest absolute Gasteiger partial charge is 0.846 e. The summed E-state index contributed by atoms with van der Waals surface area (Å²) in [6.45, 7) is 5.64. The Kier molecular flexibility index (Phi) is 6.95. The fraction of sp³-hybridized carbons (Fsp3) is 0.412. The fourth-order valence-electron chi connectivity index (χ4n) is 1.96. The molecule has 1 aromatic heterocycles. The number of halogens is 1. The first-order valence-corrected chi connectivity index (χ1v) is 9.16. The van der Waals surface area contributed by atoms with E-state index < -0.39 is 11.6 Å². The van der Waals surface area contributed by atoms with E-state index in [1.165, 1.54) is 4.68 Å². The average molecular weight is 472 g/mol. The monoisotopic (exact) mass is 472 g/mol. The lowest BCUT2D eigenvalue weighted by Crippen LogP contribution is -2.32. The smallest absolute Gasteiger partial charge is 0.306 e. The van der Waals surface area contributed by atoms with E-state index in [1.54, 1.807) is 6.20 Å². The molecule has 1 aromatic carbocycles. The predicted octanol–water partition coefficient (Wildman–Crippen LogP) is 1.81. The Morgan fingerprint density at radius 1 is 1.38 bits per heavy atom. The van der Waals surface area contributed by atoms with Crippen LogP contribution in [0.5, 0.6) is 0 Å². The molecule has 9 heteroatoms. The average Bonchev–Trinajstić information content (AvgIpc) is 2.99. The molecule has 0 fully saturated rings. The molecule has 2 aromatic rings. The van der Waals surface area contributed by atoms with Crippen LogP contribution in [0.1, 0.15) is 33.6 Å². The van der Waals surface area contributed by atoms with Gasteiger partial charge in [-0.15, -0.1) is 0 Å². The van der Waals surface area contributed by atoms with Gasteiger partial charge in [-0.3, -0.25) is 14.3 Å². The predicted molar refractivity (Wildman–Crippen MR) is 102 cm³/mol. The molecule has 0 saturated carbocycles. The van der Waals surface area contributed by atoms with E-state index in [2.05, 4.69) is 38.2 Å². The first kappa shape index (κ1) is 20.1. The van der Waals surface area contributed by atoms with Crippen LogP contribution in [0.4, 0.5) is 5.88 Å². The number of aromatic nitrogens is 2. The zero-order chi connectivity index (χ0) is 19.2. The fourth-order valence-corrected chi connectivity index (χ4v) is 2.32. The summed E-state index contributed by atoms with van der Waals surface area (Å²) >= 11 is 2.21. The van der Waals surface area contributed by atoms with Crippen LogP contribution >= 0.6 is 22.6 Å². The van der Waals surface area contributed by atoms with E-state index >= 15 is 0 Å². The highest BCUT2D eigenvalue weighted by Gasteiger charge is 2.16. The third-order valence-corrected chi connectivity index (χ3v) is 3.72. The minimum atomic E-state index is -0.555. The Morgan fingerprint density at radius 2 is 2.08 bits per heavy atom. The second-order valence-electron chi connectivity index (χ2n) is 6.49. The molecular weight excluding hydrogens is 451 g/mol. The second-order valence-corrected chi connectivity index (χ2v) is 7.73. The van der Waals surface area contributed by atoms with Crippen LogP contribution in [0.25, 0.3) is 5.69 Å². The van der Waals surface area contributed by atoms with Gasteiger partial charge in [-0.1, -0.05) is 0 Å². The van der Waals surface area contributed by atoms with Crippen LogP contribution < -0.4 is 15.1 Å². The summed E-state index contributed by atoms with van der Waals surface area (Å²) in [6.07, 6.45) is 2.20. The number of esters is 1. The van der Waals surface area contributed by atoms with Crippen molar-refractivity contribution in [1.29, 1.82) is 0 Å². The Morgan fingerprint density at radius 3 is 2.73 bits per heavy atom. The van der Waals surface area contributed by atoms with E-state index in [4.69, 9.17) is 9.26 Å². The van der Waals surface area contributed by atoms with E-state index in [-0.39, 0.29) is 24.8 Å². The van der Waals surface area contributed by atoms with Crippen molar-refractivity contribution in [2.24, 2.45) is 4.99 Å². The van der Waals surface area contributed by atoms with Crippen molar-refractivity contribution in [3.8, 4) is 5.69 Å². The number of nitrogens with zero attached hydrogens (tertiary/aromatic N) is 3. The minimum Gasteiger partial charge on any atom is -0.846 e. The number of hydrogen-bond acceptors (Lipinski definition) is 6. The molecule has 0 atom stereocenters. The van der Waals surface area contributed by atoms with Crippen LogP contribution in [-0.2, 0) is 9.53 Å². The Bertz CT molecular complexity index is 766. The molecule has 8 nitrogen and oxygen atoms in total. The molecule has 0 saturated heterocycles. The van der Waals surface area contributed by atoms with E-state index in [9.17, 15) is 9.90 Å². The van der Waals surface area contributed by atoms with Crippen molar-refractivity contribution in [2.45, 2.75) is 39.2 Å². The van der Waals surface area contributed by atoms with Gasteiger partial charge in [0.15, 0.2) is 0 Å². The zero-order valence-electron chi connectivity index (χ0n) is 14.9. The summed E-state index contributed by atoms with van der Waals surface area (Å²) in [4.78, 5) is 15.4. The second kappa shape index (κ2) is 8.97. The van der Waals surface area contributed by atoms with Gasteiger partial charge in [-0.05, 0) is 66.6 Å². The number of nitrogens with one attached hydrogen (secondary N) is 1. The third kappa shape index (κ3) is 6.98. The van der Waals surface area contributed by atoms with Crippen molar-refractivity contribution >= 4 is 40.5 Å². The van der Waals surface area contributed by atoms with Gasteiger partial charge in [-0.25, -0.2) is 0 Å². The van der Waals surface area contributed by atoms with Crippen molar-refractivity contribution in [1.82, 2.24) is 5.27 Å². The lowest BCUT2D eigenvalue weighted by atomic mass is 10.2. The summed E-state index contributed by atoms with van der Waals surface area (Å²) in [6, 6.07) is 7.10. The first-order chi connectivity index (χ1) is 12.2. The van der Waals surface area contributed by atoms with Gasteiger partial charge in [0.25, 0.3) is 6.20 Å². The highest BCUT2D eigenvalue weighted by molar-refractivity contribution is 14.1. The Balaban J connectivity index is 1.80. The Labute approximate surface area is 165 Å². The number of benzene rings is 1. The van der Waals surface area contributed by atoms with Gasteiger partial charge in [0, 0.05) is 28.7 Å². The number of carbonyl (C=O) groups is 1. The Hall–Kier alpha value is -2.17. The molecule has 1 heterocycles. The first-order valence-electron chi connectivity index (χ1n) is 8.08. The van der Waals surface area contributed by atoms with Crippen LogP contribution in [0.2, 0.25) is 0 Å². The number of rotatable bonds is 6. The summed E-state index contributed by atoms with van der Waals surface area (Å²) in [5.74, 6) is -0.119. The molecule has 0 bridgehead atoms. The van der Waals surface area contributed by atoms with Crippen LogP contribution in [0, 0.1) is 3.57 Å². The molecule has 0 aliphatic carbocycles. The van der Waals surface area contributed by atoms with Crippen LogP contribution in [0.15, 0.2) is 40.0 Å². The molecular formula is C17H21IN4O4. The maximum absolute atomic E-state index is 11.8. The summed E-state index contributed by atoms with van der Waals surface area (Å²) in [5, 5.41) is 18.1. The van der Waals surface area contributed by atoms with Gasteiger partial charge >= 0.3 is 11.9 Å². The maximum atomic E-state index is 11.8. The highest BCUT2D eigenvalue weighted by atomic mass is 127. The van der Waals surface area contributed by atoms with Crippen molar-refractivity contribution in [3.63, 3.8) is 0 Å². The number of hydrogen-bond donors (Lipinski definition) is 1. The molecule has 0 spiro atoms. The van der Waals surface area contributed by atoms with E-state index in [1.807, 2.05) is 45.0 Å². The lowest BCUT2D eigenvalue weighted by molar-refractivity contribution is -0.670. The molecule has 2 rings (SSSR count). The molecule has 26 heavy (non-hydrogen) atoms. The topological polar surface area (TPSA) is 104 Å². The molecule has 140 valence electrons. The van der Waals surface area contributed by atoms with Gasteiger partial charge in [-0.2, -0.15) is 0 Å². The maximum Gasteiger partial charge on any atom is 0.306 e. The molecule has 0 aliphatic rings. The van der Waals surface area contributed by atoms with Gasteiger partial charge in [0.1, 0.15) is 5.60 Å². The van der Waals surface area contributed by atoms with Gasteiger partial charge in [0.05, 0.1) is 6.02 Å². The highest BCUT2D eigenvalue weighted by Crippen LogP contribution is 2.09. The van der Waals surface area contributed by atoms with E-state index in [0.29, 0.717) is 6.42 Å². The number of amidine groups is 1. The molecule has 0 aliphatic heterocycles. The number of aliphatic imine (C=N–C) groups is 1. The van der Waals surface area contributed by atoms with Crippen LogP contribution in [0.3, 0.4) is 0 Å². The van der Waals surface area contributed by atoms with Crippen molar-refractivity contribution in [3.05, 3.63) is 34.0 Å². The lowest BCUT2D eigenvalue weighted by Gasteiger charge is -2.19. The molecule has 0 amide bonds. The quantitative estimate of drug-likeness (QED) is 0.172. The van der Waals surface area contributed by atoms with E-state index in [0.717, 1.165) is 9.26 Å². The standard InChI is InChI=1S/C17H21IN4O4/c1-17(2,3)25-15(23)5-4-10-19-16(24)20-14-11-22(21-26-14)13-8-6-12(18)7-9-13/h6-9,11H,4-5,10H2,1-3H3,(H-,19,20,21,24). The number of ether oxygens (including phenoxy) is 1. The van der Waals surface area contributed by atoms with Crippen molar-refractivity contribution < 1.29 is 23.8 Å². The normalized spacial score (nSPS) is 12.1. The number of anilines is 1. The van der Waals surface area contributed by atoms with Crippen molar-refractivity contribution in [2.75, 3.05) is 11.9 Å². The number of carbonyl (C=O) groups excluding carboxylic acids is 1. The third-order valence-electron chi connectivity index (χ3n) is 3.00. The summed E-state index contributed by atoms with van der Waals surface area (Å²) in [7, 11) is 0. The minimum absolute atomic E-state index is 0.185. The van der Waals surface area contributed by atoms with Gasteiger partial charge in [0.2, 0.25) is 11.0 Å². The molecule has 0 unspecified atom stereocenters. The molecule has 1 N–H and O–H groups in total. The summed E-state index contributed by atoms with van der Waals surface area (Å²) in [5.41, 5.74) is 0.300. The van der Waals surface area contributed by atoms with Crippen LogP contribution in [-0.4, -0.2) is 29.4 Å². The summed E-state index contributed by atoms with van der Waals surface area (Å²) < 4.78 is 12.9.